The first-order valence-corrected chi connectivity index (χ1v) is 16.2. The molecular formula is C35H16Cl8N. The molecule has 0 atom stereocenters. The molecule has 0 aliphatic carbocycles. The third-order valence-corrected chi connectivity index (χ3v) is 9.84. The lowest BCUT2D eigenvalue weighted by atomic mass is 9.84. The average molecular weight is 734 g/mol. The minimum absolute atomic E-state index is 0.269. The largest absolute Gasteiger partial charge is 0.309 e. The van der Waals surface area contributed by atoms with E-state index in [0.29, 0.717) is 42.7 Å². The Labute approximate surface area is 293 Å². The first-order valence-electron chi connectivity index (χ1n) is 13.2. The second-order valence-corrected chi connectivity index (χ2v) is 13.5. The molecule has 0 amide bonds. The van der Waals surface area contributed by atoms with Crippen LogP contribution in [0.1, 0.15) is 16.7 Å². The van der Waals surface area contributed by atoms with Gasteiger partial charge >= 0.3 is 0 Å². The number of nitrogens with zero attached hydrogens (tertiary/aromatic N) is 1. The SMILES string of the molecule is Clc1cc(Cl)c([C](c2c(Cl)cc(Cl)cc2Cl)c2c(Cl)cc(-n3c4ccccc4c4c5ccccc5ccc43)cc2Cl)c(Cl)c1. The maximum absolute atomic E-state index is 7.17. The van der Waals surface area contributed by atoms with Crippen LogP contribution in [0.5, 0.6) is 0 Å². The van der Waals surface area contributed by atoms with E-state index >= 15 is 0 Å². The van der Waals surface area contributed by atoms with Gasteiger partial charge in [0.25, 0.3) is 0 Å². The summed E-state index contributed by atoms with van der Waals surface area (Å²) in [5.41, 5.74) is 4.08. The highest BCUT2D eigenvalue weighted by Crippen LogP contribution is 2.50. The summed E-state index contributed by atoms with van der Waals surface area (Å²) in [4.78, 5) is 0. The van der Waals surface area contributed by atoms with Gasteiger partial charge in [0.2, 0.25) is 0 Å². The van der Waals surface area contributed by atoms with Crippen LogP contribution in [0.4, 0.5) is 0 Å². The van der Waals surface area contributed by atoms with E-state index in [-0.39, 0.29) is 20.1 Å². The lowest BCUT2D eigenvalue weighted by molar-refractivity contribution is 1.16. The number of hydrogen-bond acceptors (Lipinski definition) is 0. The summed E-state index contributed by atoms with van der Waals surface area (Å²) in [5.74, 6) is 0.443. The van der Waals surface area contributed by atoms with Gasteiger partial charge in [-0.2, -0.15) is 0 Å². The highest BCUT2D eigenvalue weighted by atomic mass is 35.5. The average Bonchev–Trinajstić information content (AvgIpc) is 3.30. The van der Waals surface area contributed by atoms with Gasteiger partial charge in [0.05, 0.1) is 17.0 Å². The summed E-state index contributed by atoms with van der Waals surface area (Å²) < 4.78 is 2.16. The number of benzene rings is 6. The molecule has 0 aliphatic heterocycles. The molecule has 0 fully saturated rings. The van der Waals surface area contributed by atoms with Crippen molar-refractivity contribution in [3.8, 4) is 5.69 Å². The fourth-order valence-corrected chi connectivity index (χ4v) is 8.56. The topological polar surface area (TPSA) is 4.93 Å². The molecule has 7 aromatic rings. The van der Waals surface area contributed by atoms with E-state index in [9.17, 15) is 0 Å². The number of hydrogen-bond donors (Lipinski definition) is 0. The van der Waals surface area contributed by atoms with Gasteiger partial charge < -0.3 is 4.57 Å². The van der Waals surface area contributed by atoms with Gasteiger partial charge in [0.15, 0.2) is 0 Å². The summed E-state index contributed by atoms with van der Waals surface area (Å²) in [6.07, 6.45) is 0. The summed E-state index contributed by atoms with van der Waals surface area (Å²) in [5, 5.41) is 7.03. The number of para-hydroxylation sites is 1. The van der Waals surface area contributed by atoms with Gasteiger partial charge in [0.1, 0.15) is 0 Å². The van der Waals surface area contributed by atoms with Crippen molar-refractivity contribution >= 4 is 125 Å². The molecule has 0 unspecified atom stereocenters. The summed E-state index contributed by atoms with van der Waals surface area (Å²) in [6, 6.07) is 30.9. The molecule has 0 N–H and O–H groups in total. The van der Waals surface area contributed by atoms with Crippen molar-refractivity contribution in [1.29, 1.82) is 0 Å². The summed E-state index contributed by atoms with van der Waals surface area (Å²) in [7, 11) is 0. The highest BCUT2D eigenvalue weighted by molar-refractivity contribution is 6.43. The molecule has 7 rings (SSSR count). The Hall–Kier alpha value is -2.30. The molecule has 9 heteroatoms. The van der Waals surface area contributed by atoms with Gasteiger partial charge in [-0.25, -0.2) is 0 Å². The first-order chi connectivity index (χ1) is 21.1. The van der Waals surface area contributed by atoms with Crippen molar-refractivity contribution in [3.05, 3.63) is 160 Å². The smallest absolute Gasteiger partial charge is 0.0720 e. The zero-order valence-corrected chi connectivity index (χ0v) is 28.3. The fraction of sp³-hybridized carbons (Fsp3) is 0. The van der Waals surface area contributed by atoms with E-state index < -0.39 is 0 Å². The van der Waals surface area contributed by atoms with E-state index in [1.165, 1.54) is 0 Å². The van der Waals surface area contributed by atoms with Gasteiger partial charge in [-0.3, -0.25) is 0 Å². The highest BCUT2D eigenvalue weighted by Gasteiger charge is 2.32. The molecule has 217 valence electrons. The van der Waals surface area contributed by atoms with Crippen molar-refractivity contribution in [2.75, 3.05) is 0 Å². The monoisotopic (exact) mass is 730 g/mol. The lowest BCUT2D eigenvalue weighted by Crippen LogP contribution is -2.10. The second-order valence-electron chi connectivity index (χ2n) is 10.2. The summed E-state index contributed by atoms with van der Waals surface area (Å²) >= 11 is 54.0. The fourth-order valence-electron chi connectivity index (χ4n) is 5.88. The van der Waals surface area contributed by atoms with E-state index in [1.54, 1.807) is 24.3 Å². The zero-order valence-electron chi connectivity index (χ0n) is 22.2. The molecule has 1 radical (unpaired) electrons. The molecule has 0 saturated heterocycles. The van der Waals surface area contributed by atoms with E-state index in [2.05, 4.69) is 41.0 Å². The van der Waals surface area contributed by atoms with E-state index in [4.69, 9.17) is 92.8 Å². The Morgan fingerprint density at radius 3 is 1.43 bits per heavy atom. The number of fused-ring (bicyclic) bond motifs is 5. The predicted octanol–water partition coefficient (Wildman–Crippen LogP) is 14.2. The quantitative estimate of drug-likeness (QED) is 0.159. The van der Waals surface area contributed by atoms with Crippen LogP contribution in [0.25, 0.3) is 38.3 Å². The van der Waals surface area contributed by atoms with Crippen LogP contribution in [-0.4, -0.2) is 4.57 Å². The third kappa shape index (κ3) is 5.03. The van der Waals surface area contributed by atoms with Crippen molar-refractivity contribution in [3.63, 3.8) is 0 Å². The maximum Gasteiger partial charge on any atom is 0.0720 e. The van der Waals surface area contributed by atoms with E-state index in [0.717, 1.165) is 38.3 Å². The van der Waals surface area contributed by atoms with Crippen molar-refractivity contribution in [2.45, 2.75) is 0 Å². The Morgan fingerprint density at radius 2 is 0.886 bits per heavy atom. The third-order valence-electron chi connectivity index (χ3n) is 7.61. The van der Waals surface area contributed by atoms with Crippen LogP contribution in [-0.2, 0) is 0 Å². The molecule has 0 saturated carbocycles. The van der Waals surface area contributed by atoms with Crippen molar-refractivity contribution in [2.24, 2.45) is 0 Å². The Bertz CT molecular complexity index is 2160. The van der Waals surface area contributed by atoms with Crippen LogP contribution in [0.2, 0.25) is 40.2 Å². The molecular weight excluding hydrogens is 718 g/mol. The van der Waals surface area contributed by atoms with Gasteiger partial charge in [-0.1, -0.05) is 141 Å². The molecule has 6 aromatic carbocycles. The molecule has 0 aliphatic rings. The van der Waals surface area contributed by atoms with Gasteiger partial charge in [-0.05, 0) is 59.3 Å². The second kappa shape index (κ2) is 11.8. The predicted molar refractivity (Wildman–Crippen MR) is 192 cm³/mol. The molecule has 0 spiro atoms. The van der Waals surface area contributed by atoms with Gasteiger partial charge in [0, 0.05) is 73.3 Å². The zero-order chi connectivity index (χ0) is 30.9. The minimum atomic E-state index is 0.269. The molecule has 0 bridgehead atoms. The van der Waals surface area contributed by atoms with E-state index in [1.807, 2.05) is 36.4 Å². The lowest BCUT2D eigenvalue weighted by Gasteiger charge is -2.25. The van der Waals surface area contributed by atoms with Crippen LogP contribution >= 0.6 is 92.8 Å². The molecule has 1 aromatic heterocycles. The molecule has 44 heavy (non-hydrogen) atoms. The van der Waals surface area contributed by atoms with Gasteiger partial charge in [-0.15, -0.1) is 0 Å². The Balaban J connectivity index is 1.52. The van der Waals surface area contributed by atoms with Crippen LogP contribution in [0.15, 0.2) is 97.1 Å². The first kappa shape index (κ1) is 30.4. The number of aromatic nitrogens is 1. The number of halogens is 8. The summed E-state index contributed by atoms with van der Waals surface area (Å²) in [6.45, 7) is 0. The normalized spacial score (nSPS) is 11.8. The molecule has 1 heterocycles. The Kier molecular flexibility index (Phi) is 8.15. The number of rotatable bonds is 4. The van der Waals surface area contributed by atoms with Crippen LogP contribution in [0.3, 0.4) is 0 Å². The van der Waals surface area contributed by atoms with Crippen molar-refractivity contribution in [1.82, 2.24) is 4.57 Å². The van der Waals surface area contributed by atoms with Crippen molar-refractivity contribution < 1.29 is 0 Å². The molecule has 1 nitrogen and oxygen atoms in total. The minimum Gasteiger partial charge on any atom is -0.309 e. The van der Waals surface area contributed by atoms with Crippen LogP contribution in [0, 0.1) is 5.92 Å². The Morgan fingerprint density at radius 1 is 0.432 bits per heavy atom. The van der Waals surface area contributed by atoms with Crippen LogP contribution < -0.4 is 0 Å². The maximum atomic E-state index is 7.17. The standard InChI is InChI=1S/C35H16Cl8N/c36-18-11-23(38)32(24(39)12-18)35(33-25(40)13-19(37)14-26(33)41)34-27(42)15-20(16-28(34)43)44-29-8-4-3-7-22(29)31-21-6-2-1-5-17(21)9-10-30(31)44/h1-16H.